The molecular weight excluding hydrogens is 583 g/mol. The van der Waals surface area contributed by atoms with Crippen molar-refractivity contribution in [3.63, 3.8) is 0 Å². The maximum absolute atomic E-state index is 14.2. The molecule has 43 heavy (non-hydrogen) atoms. The van der Waals surface area contributed by atoms with E-state index in [0.29, 0.717) is 53.2 Å². The second-order valence-corrected chi connectivity index (χ2v) is 11.7. The highest BCUT2D eigenvalue weighted by Crippen LogP contribution is 2.30. The molecule has 0 aromatic heterocycles. The molecule has 0 spiro atoms. The van der Waals surface area contributed by atoms with E-state index in [-0.39, 0.29) is 30.8 Å². The van der Waals surface area contributed by atoms with Crippen molar-refractivity contribution in [1.82, 2.24) is 10.2 Å². The zero-order valence-electron chi connectivity index (χ0n) is 25.1. The molecule has 1 aliphatic carbocycles. The molecule has 1 atom stereocenters. The Morgan fingerprint density at radius 1 is 0.860 bits per heavy atom. The number of rotatable bonds is 14. The van der Waals surface area contributed by atoms with Crippen LogP contribution >= 0.6 is 23.2 Å². The topological polar surface area (TPSA) is 67.9 Å². The number of hydrogen-bond donors (Lipinski definition) is 1. The number of aryl methyl sites for hydroxylation is 1. The third kappa shape index (κ3) is 9.38. The Morgan fingerprint density at radius 2 is 1.53 bits per heavy atom. The van der Waals surface area contributed by atoms with Crippen LogP contribution in [0.2, 0.25) is 10.0 Å². The first-order chi connectivity index (χ1) is 20.9. The van der Waals surface area contributed by atoms with Crippen LogP contribution in [0, 0.1) is 0 Å². The lowest BCUT2D eigenvalue weighted by Gasteiger charge is -2.34. The van der Waals surface area contributed by atoms with E-state index in [1.165, 1.54) is 6.42 Å². The Labute approximate surface area is 265 Å². The molecule has 0 saturated heterocycles. The average molecular weight is 626 g/mol. The van der Waals surface area contributed by atoms with Crippen LogP contribution in [-0.2, 0) is 29.0 Å². The molecule has 1 saturated carbocycles. The van der Waals surface area contributed by atoms with Crippen molar-refractivity contribution >= 4 is 35.0 Å². The van der Waals surface area contributed by atoms with Crippen LogP contribution in [0.5, 0.6) is 11.5 Å². The van der Waals surface area contributed by atoms with Gasteiger partial charge in [0.1, 0.15) is 6.04 Å². The van der Waals surface area contributed by atoms with Gasteiger partial charge in [-0.25, -0.2) is 0 Å². The molecule has 0 bridgehead atoms. The van der Waals surface area contributed by atoms with E-state index in [1.54, 1.807) is 23.1 Å². The molecular formula is C35H42Cl2N2O4. The van der Waals surface area contributed by atoms with E-state index >= 15 is 0 Å². The monoisotopic (exact) mass is 624 g/mol. The predicted molar refractivity (Wildman–Crippen MR) is 173 cm³/mol. The lowest BCUT2D eigenvalue weighted by atomic mass is 9.94. The smallest absolute Gasteiger partial charge is 0.243 e. The van der Waals surface area contributed by atoms with Crippen molar-refractivity contribution in [1.29, 1.82) is 0 Å². The summed E-state index contributed by atoms with van der Waals surface area (Å²) < 4.78 is 11.5. The minimum absolute atomic E-state index is 0.112. The predicted octanol–water partition coefficient (Wildman–Crippen LogP) is 7.81. The van der Waals surface area contributed by atoms with Gasteiger partial charge in [-0.15, -0.1) is 0 Å². The van der Waals surface area contributed by atoms with Crippen molar-refractivity contribution < 1.29 is 19.1 Å². The second-order valence-electron chi connectivity index (χ2n) is 10.9. The Kier molecular flexibility index (Phi) is 12.6. The number of nitrogens with zero attached hydrogens (tertiary/aromatic N) is 1. The number of nitrogens with one attached hydrogen (secondary N) is 1. The third-order valence-electron chi connectivity index (χ3n) is 7.85. The maximum atomic E-state index is 14.2. The van der Waals surface area contributed by atoms with Crippen LogP contribution in [0.4, 0.5) is 0 Å². The summed E-state index contributed by atoms with van der Waals surface area (Å²) in [4.78, 5) is 29.8. The normalized spacial score (nSPS) is 14.1. The summed E-state index contributed by atoms with van der Waals surface area (Å²) in [5, 5.41) is 4.20. The average Bonchev–Trinajstić information content (AvgIpc) is 3.01. The summed E-state index contributed by atoms with van der Waals surface area (Å²) in [6.07, 6.45) is 6.33. The van der Waals surface area contributed by atoms with Crippen LogP contribution in [0.1, 0.15) is 69.1 Å². The van der Waals surface area contributed by atoms with Gasteiger partial charge < -0.3 is 19.7 Å². The van der Waals surface area contributed by atoms with Crippen molar-refractivity contribution in [2.45, 2.75) is 83.8 Å². The van der Waals surface area contributed by atoms with Crippen molar-refractivity contribution in [2.24, 2.45) is 0 Å². The minimum atomic E-state index is -0.733. The van der Waals surface area contributed by atoms with Gasteiger partial charge >= 0.3 is 0 Å². The molecule has 2 amide bonds. The summed E-state index contributed by atoms with van der Waals surface area (Å²) in [7, 11) is 0. The Hall–Kier alpha value is -3.22. The lowest BCUT2D eigenvalue weighted by molar-refractivity contribution is -0.141. The minimum Gasteiger partial charge on any atom is -0.490 e. The molecule has 0 radical (unpaired) electrons. The second kappa shape index (κ2) is 16.6. The summed E-state index contributed by atoms with van der Waals surface area (Å²) in [6, 6.07) is 20.2. The number of carbonyl (C=O) groups excluding carboxylic acids is 2. The van der Waals surface area contributed by atoms with Gasteiger partial charge in [-0.2, -0.15) is 0 Å². The first kappa shape index (κ1) is 32.7. The van der Waals surface area contributed by atoms with Crippen LogP contribution in [-0.4, -0.2) is 42.0 Å². The highest BCUT2D eigenvalue weighted by Gasteiger charge is 2.32. The van der Waals surface area contributed by atoms with Gasteiger partial charge in [0.25, 0.3) is 0 Å². The van der Waals surface area contributed by atoms with Gasteiger partial charge in [-0.3, -0.25) is 9.59 Å². The van der Waals surface area contributed by atoms with Crippen LogP contribution < -0.4 is 14.8 Å². The quantitative estimate of drug-likeness (QED) is 0.199. The van der Waals surface area contributed by atoms with Gasteiger partial charge in [0, 0.05) is 41.0 Å². The fraction of sp³-hybridized carbons (Fsp3) is 0.429. The van der Waals surface area contributed by atoms with E-state index in [0.717, 1.165) is 36.8 Å². The third-order valence-corrected chi connectivity index (χ3v) is 8.56. The molecule has 230 valence electrons. The Balaban J connectivity index is 1.64. The highest BCUT2D eigenvalue weighted by molar-refractivity contribution is 6.36. The molecule has 3 aromatic carbocycles. The molecule has 4 rings (SSSR count). The molecule has 8 heteroatoms. The lowest BCUT2D eigenvalue weighted by Crippen LogP contribution is -2.53. The maximum Gasteiger partial charge on any atom is 0.243 e. The van der Waals surface area contributed by atoms with Crippen molar-refractivity contribution in [3.8, 4) is 11.5 Å². The van der Waals surface area contributed by atoms with Gasteiger partial charge in [-0.1, -0.05) is 84.9 Å². The Morgan fingerprint density at radius 3 is 2.21 bits per heavy atom. The van der Waals surface area contributed by atoms with E-state index in [1.807, 2.05) is 62.4 Å². The van der Waals surface area contributed by atoms with Crippen molar-refractivity contribution in [3.05, 3.63) is 93.5 Å². The molecule has 3 aromatic rings. The molecule has 0 heterocycles. The van der Waals surface area contributed by atoms with Crippen LogP contribution in [0.25, 0.3) is 0 Å². The highest BCUT2D eigenvalue weighted by atomic mass is 35.5. The number of benzene rings is 3. The molecule has 0 aliphatic heterocycles. The summed E-state index contributed by atoms with van der Waals surface area (Å²) >= 11 is 13.2. The molecule has 6 nitrogen and oxygen atoms in total. The van der Waals surface area contributed by atoms with Gasteiger partial charge in [0.2, 0.25) is 11.8 Å². The number of carbonyl (C=O) groups is 2. The zero-order chi connectivity index (χ0) is 30.6. The van der Waals surface area contributed by atoms with Gasteiger partial charge in [0.05, 0.1) is 13.2 Å². The fourth-order valence-corrected chi connectivity index (χ4v) is 6.11. The number of amides is 2. The summed E-state index contributed by atoms with van der Waals surface area (Å²) in [5.74, 6) is 1.04. The Bertz CT molecular complexity index is 1320. The van der Waals surface area contributed by atoms with Crippen molar-refractivity contribution in [2.75, 3.05) is 13.2 Å². The standard InChI is InChI=1S/C35H42Cl2N2O4/c1-3-42-32-20-18-26(23-33(32)43-4-2)19-21-34(40)39(24-28-29(36)16-11-17-30(28)37)31(22-25-12-7-5-8-13-25)35(41)38-27-14-9-6-10-15-27/h5,7-8,11-13,16-18,20,23,27,31H,3-4,6,9-10,14-15,19,21-22,24H2,1-2H3,(H,38,41)/t31-/m1/s1. The zero-order valence-corrected chi connectivity index (χ0v) is 26.6. The molecule has 1 N–H and O–H groups in total. The number of ether oxygens (including phenoxy) is 2. The summed E-state index contributed by atoms with van der Waals surface area (Å²) in [6.45, 7) is 5.02. The molecule has 0 unspecified atom stereocenters. The van der Waals surface area contributed by atoms with Crippen LogP contribution in [0.3, 0.4) is 0 Å². The fourth-order valence-electron chi connectivity index (χ4n) is 5.60. The first-order valence-corrected chi connectivity index (χ1v) is 16.1. The molecule has 1 fully saturated rings. The largest absolute Gasteiger partial charge is 0.490 e. The van der Waals surface area contributed by atoms with E-state index in [4.69, 9.17) is 32.7 Å². The molecule has 1 aliphatic rings. The van der Waals surface area contributed by atoms with Gasteiger partial charge in [0.15, 0.2) is 11.5 Å². The van der Waals surface area contributed by atoms with Crippen LogP contribution in [0.15, 0.2) is 66.7 Å². The van der Waals surface area contributed by atoms with E-state index < -0.39 is 6.04 Å². The summed E-state index contributed by atoms with van der Waals surface area (Å²) in [5.41, 5.74) is 2.55. The van der Waals surface area contributed by atoms with Gasteiger partial charge in [-0.05, 0) is 68.5 Å². The van der Waals surface area contributed by atoms with E-state index in [9.17, 15) is 9.59 Å². The number of hydrogen-bond acceptors (Lipinski definition) is 4. The number of halogens is 2. The van der Waals surface area contributed by atoms with E-state index in [2.05, 4.69) is 5.32 Å². The SMILES string of the molecule is CCOc1ccc(CCC(=O)N(Cc2c(Cl)cccc2Cl)[C@H](Cc2ccccc2)C(=O)NC2CCCCC2)cc1OCC. The first-order valence-electron chi connectivity index (χ1n) is 15.3.